The number of carbonyl (C=O) groups is 3. The number of hydrogen-bond donors (Lipinski definition) is 1. The third-order valence-corrected chi connectivity index (χ3v) is 7.07. The number of para-hydroxylation sites is 1. The summed E-state index contributed by atoms with van der Waals surface area (Å²) in [4.78, 5) is 41.0. The number of amides is 2. The Morgan fingerprint density at radius 3 is 2.28 bits per heavy atom. The molecule has 1 saturated heterocycles. The number of nitrogens with one attached hydrogen (secondary N) is 1. The van der Waals surface area contributed by atoms with Crippen LogP contribution in [0.15, 0.2) is 88.7 Å². The minimum atomic E-state index is -0.599. The Balaban J connectivity index is 1.29. The molecule has 1 fully saturated rings. The van der Waals surface area contributed by atoms with Gasteiger partial charge < -0.3 is 15.0 Å². The van der Waals surface area contributed by atoms with E-state index in [2.05, 4.69) is 11.4 Å². The van der Waals surface area contributed by atoms with Gasteiger partial charge in [0, 0.05) is 34.5 Å². The monoisotopic (exact) mass is 499 g/mol. The molecular formula is C28H25N3O4S. The summed E-state index contributed by atoms with van der Waals surface area (Å²) in [5.74, 6) is -1.10. The van der Waals surface area contributed by atoms with E-state index in [4.69, 9.17) is 4.74 Å². The van der Waals surface area contributed by atoms with Crippen LogP contribution in [0.2, 0.25) is 0 Å². The van der Waals surface area contributed by atoms with Gasteiger partial charge >= 0.3 is 5.97 Å². The fourth-order valence-corrected chi connectivity index (χ4v) is 4.96. The van der Waals surface area contributed by atoms with Gasteiger partial charge in [0.2, 0.25) is 5.91 Å². The average molecular weight is 500 g/mol. The molecule has 1 aliphatic heterocycles. The van der Waals surface area contributed by atoms with Crippen LogP contribution >= 0.6 is 11.8 Å². The maximum absolute atomic E-state index is 12.8. The van der Waals surface area contributed by atoms with E-state index in [9.17, 15) is 19.6 Å². The van der Waals surface area contributed by atoms with Crippen LogP contribution in [0.25, 0.3) is 0 Å². The van der Waals surface area contributed by atoms with Crippen molar-refractivity contribution in [2.75, 3.05) is 25.0 Å². The molecule has 8 heteroatoms. The summed E-state index contributed by atoms with van der Waals surface area (Å²) in [7, 11) is 0. The molecule has 0 saturated carbocycles. The van der Waals surface area contributed by atoms with E-state index >= 15 is 0 Å². The van der Waals surface area contributed by atoms with Gasteiger partial charge in [-0.1, -0.05) is 54.2 Å². The minimum Gasteiger partial charge on any atom is -0.452 e. The molecule has 0 unspecified atom stereocenters. The highest BCUT2D eigenvalue weighted by molar-refractivity contribution is 7.99. The number of carbonyl (C=O) groups excluding carboxylic acids is 3. The van der Waals surface area contributed by atoms with Gasteiger partial charge in [0.1, 0.15) is 6.07 Å². The number of nitrogens with zero attached hydrogens (tertiary/aromatic N) is 2. The number of nitriles is 1. The molecule has 0 aliphatic carbocycles. The maximum Gasteiger partial charge on any atom is 0.339 e. The molecule has 2 amide bonds. The molecule has 3 aromatic carbocycles. The van der Waals surface area contributed by atoms with Crippen molar-refractivity contribution in [1.29, 1.82) is 5.26 Å². The highest BCUT2D eigenvalue weighted by atomic mass is 32.2. The van der Waals surface area contributed by atoms with Gasteiger partial charge in [-0.05, 0) is 49.2 Å². The van der Waals surface area contributed by atoms with Gasteiger partial charge in [0.05, 0.1) is 11.1 Å². The first kappa shape index (κ1) is 25.0. The Morgan fingerprint density at radius 1 is 0.917 bits per heavy atom. The van der Waals surface area contributed by atoms with Crippen molar-refractivity contribution < 1.29 is 19.1 Å². The standard InChI is InChI=1S/C28H25N3O4S/c29-18-21-8-4-6-12-24(21)36-25-13-7-5-11-23(25)28(34)35-19-26(32)31-16-14-20(15-17-31)27(33)30-22-9-2-1-3-10-22/h1-13,20H,14-17,19H2,(H,30,33). The zero-order chi connectivity index (χ0) is 25.3. The molecule has 0 aromatic heterocycles. The van der Waals surface area contributed by atoms with Crippen molar-refractivity contribution in [2.45, 2.75) is 22.6 Å². The van der Waals surface area contributed by atoms with Gasteiger partial charge in [-0.25, -0.2) is 4.79 Å². The lowest BCUT2D eigenvalue weighted by Crippen LogP contribution is -2.43. The first-order chi connectivity index (χ1) is 17.5. The molecule has 1 aliphatic rings. The fraction of sp³-hybridized carbons (Fsp3) is 0.214. The quantitative estimate of drug-likeness (QED) is 0.471. The molecule has 0 spiro atoms. The Hall–Kier alpha value is -4.09. The van der Waals surface area contributed by atoms with Crippen LogP contribution in [-0.4, -0.2) is 42.4 Å². The van der Waals surface area contributed by atoms with E-state index in [1.54, 1.807) is 41.3 Å². The number of benzene rings is 3. The van der Waals surface area contributed by atoms with E-state index in [1.165, 1.54) is 11.8 Å². The van der Waals surface area contributed by atoms with Crippen molar-refractivity contribution >= 4 is 35.2 Å². The third-order valence-electron chi connectivity index (χ3n) is 5.92. The van der Waals surface area contributed by atoms with Crippen molar-refractivity contribution in [3.8, 4) is 6.07 Å². The lowest BCUT2D eigenvalue weighted by atomic mass is 9.95. The van der Waals surface area contributed by atoms with Crippen molar-refractivity contribution in [1.82, 2.24) is 4.90 Å². The normalized spacial score (nSPS) is 13.5. The van der Waals surface area contributed by atoms with Crippen LogP contribution in [0, 0.1) is 17.2 Å². The summed E-state index contributed by atoms with van der Waals surface area (Å²) in [6, 6.07) is 25.5. The van der Waals surface area contributed by atoms with Crippen LogP contribution in [0.5, 0.6) is 0 Å². The second-order valence-corrected chi connectivity index (χ2v) is 9.38. The second-order valence-electron chi connectivity index (χ2n) is 8.29. The van der Waals surface area contributed by atoms with E-state index < -0.39 is 5.97 Å². The first-order valence-corrected chi connectivity index (χ1v) is 12.4. The molecule has 36 heavy (non-hydrogen) atoms. The minimum absolute atomic E-state index is 0.0493. The Morgan fingerprint density at radius 2 is 1.56 bits per heavy atom. The summed E-state index contributed by atoms with van der Waals surface area (Å²) in [5, 5.41) is 12.3. The summed E-state index contributed by atoms with van der Waals surface area (Å²) in [6.45, 7) is 0.495. The van der Waals surface area contributed by atoms with Crippen LogP contribution in [-0.2, 0) is 14.3 Å². The third kappa shape index (κ3) is 6.32. The lowest BCUT2D eigenvalue weighted by Gasteiger charge is -2.31. The lowest BCUT2D eigenvalue weighted by molar-refractivity contribution is -0.137. The molecule has 182 valence electrons. The fourth-order valence-electron chi connectivity index (χ4n) is 3.94. The zero-order valence-electron chi connectivity index (χ0n) is 19.6. The van der Waals surface area contributed by atoms with Gasteiger partial charge in [0.15, 0.2) is 6.61 Å². The number of hydrogen-bond acceptors (Lipinski definition) is 6. The highest BCUT2D eigenvalue weighted by Gasteiger charge is 2.28. The smallest absolute Gasteiger partial charge is 0.339 e. The van der Waals surface area contributed by atoms with Crippen LogP contribution in [0.4, 0.5) is 5.69 Å². The number of anilines is 1. The van der Waals surface area contributed by atoms with Crippen molar-refractivity contribution in [3.63, 3.8) is 0 Å². The average Bonchev–Trinajstić information content (AvgIpc) is 2.92. The van der Waals surface area contributed by atoms with Crippen LogP contribution in [0.3, 0.4) is 0 Å². The topological polar surface area (TPSA) is 99.5 Å². The maximum atomic E-state index is 12.8. The Labute approximate surface area is 214 Å². The van der Waals surface area contributed by atoms with Gasteiger partial charge in [-0.3, -0.25) is 9.59 Å². The number of esters is 1. The molecule has 0 radical (unpaired) electrons. The summed E-state index contributed by atoms with van der Waals surface area (Å²) in [5.41, 5.74) is 1.60. The van der Waals surface area contributed by atoms with Gasteiger partial charge in [0.25, 0.3) is 5.91 Å². The number of piperidine rings is 1. The van der Waals surface area contributed by atoms with Gasteiger partial charge in [-0.2, -0.15) is 5.26 Å². The van der Waals surface area contributed by atoms with E-state index in [0.29, 0.717) is 42.0 Å². The van der Waals surface area contributed by atoms with E-state index in [0.717, 1.165) is 10.6 Å². The summed E-state index contributed by atoms with van der Waals surface area (Å²) >= 11 is 1.30. The zero-order valence-corrected chi connectivity index (χ0v) is 20.4. The molecule has 0 atom stereocenters. The SMILES string of the molecule is N#Cc1ccccc1Sc1ccccc1C(=O)OCC(=O)N1CCC(C(=O)Nc2ccccc2)CC1. The highest BCUT2D eigenvalue weighted by Crippen LogP contribution is 2.33. The number of likely N-dealkylation sites (tertiary alicyclic amines) is 1. The first-order valence-electron chi connectivity index (χ1n) is 11.6. The van der Waals surface area contributed by atoms with Gasteiger partial charge in [-0.15, -0.1) is 0 Å². The second kappa shape index (κ2) is 12.0. The molecule has 1 heterocycles. The summed E-state index contributed by atoms with van der Waals surface area (Å²) < 4.78 is 5.34. The van der Waals surface area contributed by atoms with E-state index in [-0.39, 0.29) is 24.3 Å². The van der Waals surface area contributed by atoms with Crippen molar-refractivity contribution in [3.05, 3.63) is 90.0 Å². The molecule has 4 rings (SSSR count). The Kier molecular flexibility index (Phi) is 8.37. The van der Waals surface area contributed by atoms with Crippen LogP contribution in [0.1, 0.15) is 28.8 Å². The largest absolute Gasteiger partial charge is 0.452 e. The molecule has 3 aromatic rings. The molecule has 1 N–H and O–H groups in total. The number of ether oxygens (including phenoxy) is 1. The van der Waals surface area contributed by atoms with Crippen molar-refractivity contribution in [2.24, 2.45) is 5.92 Å². The summed E-state index contributed by atoms with van der Waals surface area (Å²) in [6.07, 6.45) is 1.10. The molecule has 0 bridgehead atoms. The molecule has 7 nitrogen and oxygen atoms in total. The predicted octanol–water partition coefficient (Wildman–Crippen LogP) is 4.74. The molecular weight excluding hydrogens is 474 g/mol. The Bertz CT molecular complexity index is 1280. The van der Waals surface area contributed by atoms with Crippen LogP contribution < -0.4 is 5.32 Å². The number of rotatable bonds is 7. The predicted molar refractivity (Wildman–Crippen MR) is 136 cm³/mol. The van der Waals surface area contributed by atoms with E-state index in [1.807, 2.05) is 42.5 Å².